The molecular weight excluding hydrogens is 534 g/mol. The lowest BCUT2D eigenvalue weighted by Gasteiger charge is -2.32. The van der Waals surface area contributed by atoms with E-state index in [1.165, 1.54) is 10.4 Å². The van der Waals surface area contributed by atoms with Crippen LogP contribution in [0.4, 0.5) is 0 Å². The molecule has 0 amide bonds. The van der Waals surface area contributed by atoms with Gasteiger partial charge in [0.1, 0.15) is 11.5 Å². The molecule has 0 N–H and O–H groups in total. The lowest BCUT2D eigenvalue weighted by molar-refractivity contribution is -0.134. The SMILES string of the molecule is O=C(CCC1(CCC(=O)Oc2ccccc2)c2cc3c(cc2-c2nc4ccccc4cc21)=CCCC=3)Oc1ccccc1. The van der Waals surface area contributed by atoms with Gasteiger partial charge in [0.2, 0.25) is 0 Å². The summed E-state index contributed by atoms with van der Waals surface area (Å²) in [5, 5.41) is 3.42. The Hall–Kier alpha value is -5.03. The third-order valence-corrected chi connectivity index (χ3v) is 8.59. The van der Waals surface area contributed by atoms with Crippen LogP contribution in [-0.4, -0.2) is 16.9 Å². The molecule has 0 aliphatic heterocycles. The van der Waals surface area contributed by atoms with Crippen LogP contribution in [0.2, 0.25) is 0 Å². The Kier molecular flexibility index (Phi) is 7.07. The van der Waals surface area contributed by atoms with E-state index >= 15 is 0 Å². The first-order chi connectivity index (χ1) is 21.1. The zero-order valence-electron chi connectivity index (χ0n) is 23.8. The molecular formula is C38H31NO4. The van der Waals surface area contributed by atoms with Gasteiger partial charge in [-0.1, -0.05) is 66.7 Å². The number of ether oxygens (including phenoxy) is 2. The standard InChI is InChI=1S/C38H31NO4/c40-35(42-29-14-3-1-4-15-29)19-21-38(22-20-36(41)43-30-16-5-2-6-17-30)32-24-27-12-8-7-11-26(27)23-31(32)37-33(38)25-28-13-9-10-18-34(28)39-37/h1-6,9-18,23-25H,7-8,19-22H2. The average molecular weight is 566 g/mol. The second-order valence-corrected chi connectivity index (χ2v) is 11.2. The molecule has 1 heterocycles. The first-order valence-corrected chi connectivity index (χ1v) is 14.9. The lowest BCUT2D eigenvalue weighted by atomic mass is 9.71. The molecule has 0 unspecified atom stereocenters. The second kappa shape index (κ2) is 11.3. The Morgan fingerprint density at radius 3 is 1.84 bits per heavy atom. The number of aromatic nitrogens is 1. The number of nitrogens with zero attached hydrogens (tertiary/aromatic N) is 1. The van der Waals surface area contributed by atoms with Gasteiger partial charge in [0.05, 0.1) is 11.2 Å². The lowest BCUT2D eigenvalue weighted by Crippen LogP contribution is -2.33. The number of pyridine rings is 1. The summed E-state index contributed by atoms with van der Waals surface area (Å²) in [5.74, 6) is 0.428. The third-order valence-electron chi connectivity index (χ3n) is 8.59. The van der Waals surface area contributed by atoms with E-state index in [2.05, 4.69) is 36.4 Å². The van der Waals surface area contributed by atoms with Crippen molar-refractivity contribution in [2.45, 2.75) is 43.9 Å². The van der Waals surface area contributed by atoms with Crippen LogP contribution in [0.1, 0.15) is 49.7 Å². The van der Waals surface area contributed by atoms with Crippen molar-refractivity contribution >= 4 is 35.0 Å². The highest BCUT2D eigenvalue weighted by Crippen LogP contribution is 2.53. The van der Waals surface area contributed by atoms with E-state index in [0.29, 0.717) is 24.3 Å². The number of fused-ring (bicyclic) bond motifs is 5. The molecule has 0 spiro atoms. The van der Waals surface area contributed by atoms with Gasteiger partial charge in [-0.25, -0.2) is 4.98 Å². The monoisotopic (exact) mass is 565 g/mol. The van der Waals surface area contributed by atoms with Crippen molar-refractivity contribution in [3.63, 3.8) is 0 Å². The smallest absolute Gasteiger partial charge is 0.311 e. The molecule has 5 aromatic rings. The maximum Gasteiger partial charge on any atom is 0.311 e. The zero-order chi connectivity index (χ0) is 29.2. The quantitative estimate of drug-likeness (QED) is 0.156. The van der Waals surface area contributed by atoms with Gasteiger partial charge in [-0.2, -0.15) is 0 Å². The number of para-hydroxylation sites is 3. The van der Waals surface area contributed by atoms with E-state index in [0.717, 1.165) is 46.1 Å². The summed E-state index contributed by atoms with van der Waals surface area (Å²) in [6, 6.07) is 33.1. The van der Waals surface area contributed by atoms with E-state index in [-0.39, 0.29) is 24.8 Å². The van der Waals surface area contributed by atoms with E-state index < -0.39 is 5.41 Å². The van der Waals surface area contributed by atoms with Crippen LogP contribution in [0.15, 0.2) is 103 Å². The van der Waals surface area contributed by atoms with Crippen LogP contribution in [0, 0.1) is 0 Å². The molecule has 43 heavy (non-hydrogen) atoms. The topological polar surface area (TPSA) is 65.5 Å². The predicted octanol–water partition coefficient (Wildman–Crippen LogP) is 6.63. The molecule has 4 aromatic carbocycles. The summed E-state index contributed by atoms with van der Waals surface area (Å²) in [7, 11) is 0. The summed E-state index contributed by atoms with van der Waals surface area (Å²) in [4.78, 5) is 31.6. The van der Waals surface area contributed by atoms with Gasteiger partial charge in [-0.3, -0.25) is 9.59 Å². The largest absolute Gasteiger partial charge is 0.427 e. The Morgan fingerprint density at radius 2 is 1.21 bits per heavy atom. The molecule has 0 atom stereocenters. The molecule has 0 fully saturated rings. The third kappa shape index (κ3) is 5.23. The second-order valence-electron chi connectivity index (χ2n) is 11.2. The van der Waals surface area contributed by atoms with Gasteiger partial charge in [0, 0.05) is 29.2 Å². The molecule has 2 aliphatic rings. The van der Waals surface area contributed by atoms with Crippen molar-refractivity contribution in [2.75, 3.05) is 0 Å². The van der Waals surface area contributed by atoms with E-state index in [1.54, 1.807) is 24.3 Å². The van der Waals surface area contributed by atoms with Crippen LogP contribution < -0.4 is 19.9 Å². The van der Waals surface area contributed by atoms with Gasteiger partial charge >= 0.3 is 11.9 Å². The fourth-order valence-electron chi connectivity index (χ4n) is 6.52. The highest BCUT2D eigenvalue weighted by Gasteiger charge is 2.45. The normalized spacial score (nSPS) is 14.0. The molecule has 212 valence electrons. The van der Waals surface area contributed by atoms with Crippen LogP contribution in [0.3, 0.4) is 0 Å². The molecule has 1 aromatic heterocycles. The Morgan fingerprint density at radius 1 is 0.651 bits per heavy atom. The van der Waals surface area contributed by atoms with Crippen molar-refractivity contribution in [1.29, 1.82) is 0 Å². The molecule has 0 saturated heterocycles. The molecule has 0 radical (unpaired) electrons. The zero-order valence-corrected chi connectivity index (χ0v) is 23.8. The summed E-state index contributed by atoms with van der Waals surface area (Å²) >= 11 is 0. The van der Waals surface area contributed by atoms with Gasteiger partial charge in [0.25, 0.3) is 0 Å². The van der Waals surface area contributed by atoms with E-state index in [9.17, 15) is 9.59 Å². The molecule has 7 rings (SSSR count). The molecule has 2 aliphatic carbocycles. The fraction of sp³-hybridized carbons (Fsp3) is 0.184. The summed E-state index contributed by atoms with van der Waals surface area (Å²) in [6.45, 7) is 0. The number of hydrogen-bond donors (Lipinski definition) is 0. The minimum Gasteiger partial charge on any atom is -0.427 e. The number of rotatable bonds is 8. The van der Waals surface area contributed by atoms with Gasteiger partial charge in [-0.05, 0) is 95.8 Å². The van der Waals surface area contributed by atoms with E-state index in [4.69, 9.17) is 14.5 Å². The summed E-state index contributed by atoms with van der Waals surface area (Å²) < 4.78 is 11.4. The molecule has 5 heteroatoms. The summed E-state index contributed by atoms with van der Waals surface area (Å²) in [6.07, 6.45) is 7.86. The minimum absolute atomic E-state index is 0.182. The Balaban J connectivity index is 1.33. The highest BCUT2D eigenvalue weighted by atomic mass is 16.5. The van der Waals surface area contributed by atoms with Crippen molar-refractivity contribution < 1.29 is 19.1 Å². The number of carbonyl (C=O) groups is 2. The maximum atomic E-state index is 13.2. The number of benzene rings is 4. The summed E-state index contributed by atoms with van der Waals surface area (Å²) in [5.41, 5.74) is 4.43. The van der Waals surface area contributed by atoms with Crippen molar-refractivity contribution in [1.82, 2.24) is 4.98 Å². The fourth-order valence-corrected chi connectivity index (χ4v) is 6.52. The van der Waals surface area contributed by atoms with Gasteiger partial charge in [-0.15, -0.1) is 0 Å². The first-order valence-electron chi connectivity index (χ1n) is 14.9. The molecule has 0 saturated carbocycles. The number of hydrogen-bond acceptors (Lipinski definition) is 5. The van der Waals surface area contributed by atoms with Crippen LogP contribution >= 0.6 is 0 Å². The molecule has 0 bridgehead atoms. The van der Waals surface area contributed by atoms with Gasteiger partial charge < -0.3 is 9.47 Å². The van der Waals surface area contributed by atoms with Gasteiger partial charge in [0.15, 0.2) is 0 Å². The van der Waals surface area contributed by atoms with Crippen molar-refractivity contribution in [3.8, 4) is 22.8 Å². The minimum atomic E-state index is -0.632. The van der Waals surface area contributed by atoms with E-state index in [1.807, 2.05) is 54.6 Å². The molecule has 5 nitrogen and oxygen atoms in total. The Bertz CT molecular complexity index is 1910. The average Bonchev–Trinajstić information content (AvgIpc) is 3.29. The highest BCUT2D eigenvalue weighted by molar-refractivity contribution is 5.89. The Labute approximate surface area is 250 Å². The maximum absolute atomic E-state index is 13.2. The number of carbonyl (C=O) groups excluding carboxylic acids is 2. The van der Waals surface area contributed by atoms with Crippen molar-refractivity contribution in [3.05, 3.63) is 125 Å². The van der Waals surface area contributed by atoms with Crippen LogP contribution in [0.25, 0.3) is 34.3 Å². The predicted molar refractivity (Wildman–Crippen MR) is 168 cm³/mol. The number of esters is 2. The van der Waals surface area contributed by atoms with Crippen molar-refractivity contribution in [2.24, 2.45) is 0 Å². The van der Waals surface area contributed by atoms with Crippen LogP contribution in [-0.2, 0) is 15.0 Å². The first kappa shape index (κ1) is 26.8. The van der Waals surface area contributed by atoms with Crippen LogP contribution in [0.5, 0.6) is 11.5 Å².